The van der Waals surface area contributed by atoms with E-state index in [0.717, 1.165) is 43.5 Å². The van der Waals surface area contributed by atoms with Crippen LogP contribution in [0.2, 0.25) is 0 Å². The molecule has 1 saturated heterocycles. The summed E-state index contributed by atoms with van der Waals surface area (Å²) in [5.74, 6) is 0.460. The van der Waals surface area contributed by atoms with Gasteiger partial charge in [-0.2, -0.15) is 0 Å². The molecule has 4 rings (SSSR count). The van der Waals surface area contributed by atoms with E-state index in [1.54, 1.807) is 13.2 Å². The Balaban J connectivity index is 2.08. The Morgan fingerprint density at radius 1 is 1.33 bits per heavy atom. The molecule has 1 spiro atoms. The van der Waals surface area contributed by atoms with Crippen molar-refractivity contribution in [1.29, 1.82) is 0 Å². The zero-order valence-electron chi connectivity index (χ0n) is 15.0. The number of nitrogens with zero attached hydrogens (tertiary/aromatic N) is 2. The van der Waals surface area contributed by atoms with Gasteiger partial charge in [-0.05, 0) is 66.1 Å². The number of hydrogen-bond donors (Lipinski definition) is 3. The summed E-state index contributed by atoms with van der Waals surface area (Å²) in [4.78, 5) is 29.3. The fourth-order valence-electron chi connectivity index (χ4n) is 4.92. The summed E-state index contributed by atoms with van der Waals surface area (Å²) in [7, 11) is 1.67. The van der Waals surface area contributed by atoms with Crippen molar-refractivity contribution in [1.82, 2.24) is 20.2 Å². The van der Waals surface area contributed by atoms with Crippen LogP contribution < -0.4 is 16.2 Å². The molecule has 1 fully saturated rings. The van der Waals surface area contributed by atoms with E-state index in [-0.39, 0.29) is 11.0 Å². The maximum absolute atomic E-state index is 12.7. The van der Waals surface area contributed by atoms with E-state index in [9.17, 15) is 14.7 Å². The molecule has 2 heterocycles. The van der Waals surface area contributed by atoms with Crippen molar-refractivity contribution in [3.63, 3.8) is 0 Å². The smallest absolute Gasteiger partial charge is 0.405 e. The van der Waals surface area contributed by atoms with Crippen molar-refractivity contribution >= 4 is 28.7 Å². The minimum absolute atomic E-state index is 0.166. The van der Waals surface area contributed by atoms with Crippen LogP contribution in [0.5, 0.6) is 0 Å². The van der Waals surface area contributed by atoms with E-state index in [4.69, 9.17) is 0 Å². The van der Waals surface area contributed by atoms with Gasteiger partial charge < -0.3 is 15.7 Å². The second kappa shape index (κ2) is 6.59. The van der Waals surface area contributed by atoms with Crippen LogP contribution in [0.1, 0.15) is 29.8 Å². The molecule has 0 bridgehead atoms. The molecule has 2 aromatic rings. The lowest BCUT2D eigenvalue weighted by atomic mass is 9.63. The van der Waals surface area contributed by atoms with Crippen molar-refractivity contribution in [2.75, 3.05) is 13.1 Å². The van der Waals surface area contributed by atoms with Gasteiger partial charge in [-0.3, -0.25) is 9.36 Å². The SMILES string of the molecule is Cn1c([C@]2(NC(=O)O)c3ccccc3CC23CCNCC3)ncc(I)c1=O. The van der Waals surface area contributed by atoms with Crippen LogP contribution in [0, 0.1) is 8.99 Å². The van der Waals surface area contributed by atoms with Crippen molar-refractivity contribution < 1.29 is 9.90 Å². The summed E-state index contributed by atoms with van der Waals surface area (Å²) in [6, 6.07) is 7.91. The zero-order valence-corrected chi connectivity index (χ0v) is 17.1. The van der Waals surface area contributed by atoms with E-state index in [0.29, 0.717) is 9.39 Å². The van der Waals surface area contributed by atoms with E-state index in [1.165, 1.54) is 4.57 Å². The number of nitrogens with one attached hydrogen (secondary N) is 2. The van der Waals surface area contributed by atoms with Crippen LogP contribution in [0.25, 0.3) is 0 Å². The Labute approximate surface area is 170 Å². The number of rotatable bonds is 2. The Bertz CT molecular complexity index is 968. The average Bonchev–Trinajstić information content (AvgIpc) is 2.90. The van der Waals surface area contributed by atoms with Gasteiger partial charge in [-0.1, -0.05) is 24.3 Å². The molecule has 142 valence electrons. The van der Waals surface area contributed by atoms with Gasteiger partial charge in [0.15, 0.2) is 0 Å². The number of fused-ring (bicyclic) bond motifs is 1. The Hall–Kier alpha value is -1.94. The first-order chi connectivity index (χ1) is 12.9. The number of halogens is 1. The fourth-order valence-corrected chi connectivity index (χ4v) is 5.42. The minimum Gasteiger partial charge on any atom is -0.465 e. The third-order valence-electron chi connectivity index (χ3n) is 6.06. The first-order valence-corrected chi connectivity index (χ1v) is 10.0. The number of piperidine rings is 1. The van der Waals surface area contributed by atoms with Crippen LogP contribution >= 0.6 is 22.6 Å². The quantitative estimate of drug-likeness (QED) is 0.571. The number of carbonyl (C=O) groups is 1. The number of amides is 1. The van der Waals surface area contributed by atoms with Gasteiger partial charge in [0.2, 0.25) is 0 Å². The van der Waals surface area contributed by atoms with Crippen LogP contribution in [0.4, 0.5) is 4.79 Å². The van der Waals surface area contributed by atoms with E-state index >= 15 is 0 Å². The highest BCUT2D eigenvalue weighted by Crippen LogP contribution is 2.57. The van der Waals surface area contributed by atoms with Crippen LogP contribution in [-0.2, 0) is 19.0 Å². The summed E-state index contributed by atoms with van der Waals surface area (Å²) >= 11 is 1.96. The molecule has 1 aromatic carbocycles. The predicted octanol–water partition coefficient (Wildman–Crippen LogP) is 1.82. The van der Waals surface area contributed by atoms with E-state index in [1.807, 2.05) is 40.8 Å². The third kappa shape index (κ3) is 2.60. The molecule has 27 heavy (non-hydrogen) atoms. The minimum atomic E-state index is -1.11. The molecule has 1 amide bonds. The van der Waals surface area contributed by atoms with Gasteiger partial charge in [0.25, 0.3) is 5.56 Å². The molecule has 8 heteroatoms. The Morgan fingerprint density at radius 3 is 2.74 bits per heavy atom. The summed E-state index contributed by atoms with van der Waals surface area (Å²) < 4.78 is 2.01. The van der Waals surface area contributed by atoms with E-state index in [2.05, 4.69) is 21.7 Å². The Morgan fingerprint density at radius 2 is 2.04 bits per heavy atom. The molecule has 1 atom stereocenters. The van der Waals surface area contributed by atoms with Gasteiger partial charge in [0, 0.05) is 18.7 Å². The molecule has 0 radical (unpaired) electrons. The summed E-state index contributed by atoms with van der Waals surface area (Å²) in [5.41, 5.74) is 0.416. The van der Waals surface area contributed by atoms with E-state index < -0.39 is 11.6 Å². The first-order valence-electron chi connectivity index (χ1n) is 8.93. The van der Waals surface area contributed by atoms with Crippen molar-refractivity contribution in [2.24, 2.45) is 12.5 Å². The molecule has 0 unspecified atom stereocenters. The monoisotopic (exact) mass is 480 g/mol. The van der Waals surface area contributed by atoms with Crippen LogP contribution in [-0.4, -0.2) is 33.8 Å². The van der Waals surface area contributed by atoms with Gasteiger partial charge in [0.1, 0.15) is 11.4 Å². The van der Waals surface area contributed by atoms with Crippen molar-refractivity contribution in [3.8, 4) is 0 Å². The Kier molecular flexibility index (Phi) is 4.50. The van der Waals surface area contributed by atoms with Gasteiger partial charge in [-0.25, -0.2) is 9.78 Å². The van der Waals surface area contributed by atoms with Crippen LogP contribution in [0.3, 0.4) is 0 Å². The second-order valence-corrected chi connectivity index (χ2v) is 8.50. The van der Waals surface area contributed by atoms with Gasteiger partial charge in [0.05, 0.1) is 3.57 Å². The second-order valence-electron chi connectivity index (χ2n) is 7.34. The normalized spacial score (nSPS) is 23.2. The number of benzene rings is 1. The molecular formula is C19H21IN4O3. The molecular weight excluding hydrogens is 459 g/mol. The maximum atomic E-state index is 12.7. The molecule has 1 aliphatic carbocycles. The first kappa shape index (κ1) is 18.4. The highest BCUT2D eigenvalue weighted by Gasteiger charge is 2.61. The number of aromatic nitrogens is 2. The largest absolute Gasteiger partial charge is 0.465 e. The number of carboxylic acid groups (broad SMARTS) is 1. The molecule has 3 N–H and O–H groups in total. The average molecular weight is 480 g/mol. The maximum Gasteiger partial charge on any atom is 0.405 e. The lowest BCUT2D eigenvalue weighted by molar-refractivity contribution is 0.0764. The molecule has 7 nitrogen and oxygen atoms in total. The summed E-state index contributed by atoms with van der Waals surface area (Å²) in [6.45, 7) is 1.60. The van der Waals surface area contributed by atoms with Crippen LogP contribution in [0.15, 0.2) is 35.3 Å². The van der Waals surface area contributed by atoms with Crippen molar-refractivity contribution in [3.05, 3.63) is 61.3 Å². The summed E-state index contributed by atoms with van der Waals surface area (Å²) in [6.07, 6.45) is 2.78. The lowest BCUT2D eigenvalue weighted by Gasteiger charge is -2.48. The van der Waals surface area contributed by atoms with Gasteiger partial charge in [-0.15, -0.1) is 0 Å². The molecule has 1 aliphatic heterocycles. The lowest BCUT2D eigenvalue weighted by Crippen LogP contribution is -2.61. The molecule has 1 aromatic heterocycles. The predicted molar refractivity (Wildman–Crippen MR) is 109 cm³/mol. The van der Waals surface area contributed by atoms with Crippen molar-refractivity contribution in [2.45, 2.75) is 24.8 Å². The molecule has 0 saturated carbocycles. The molecule has 2 aliphatic rings. The fraction of sp³-hybridized carbons (Fsp3) is 0.421. The highest BCUT2D eigenvalue weighted by molar-refractivity contribution is 14.1. The standard InChI is InChI=1S/C19H21IN4O3/c1-24-15(25)14(20)11-22-16(24)19(23-17(26)27)13-5-3-2-4-12(13)10-18(19)6-8-21-9-7-18/h2-5,11,21,23H,6-10H2,1H3,(H,26,27)/t19-/m1/s1. The summed E-state index contributed by atoms with van der Waals surface area (Å²) in [5, 5.41) is 16.0. The van der Waals surface area contributed by atoms with Gasteiger partial charge >= 0.3 is 6.09 Å². The number of hydrogen-bond acceptors (Lipinski definition) is 4. The zero-order chi connectivity index (χ0) is 19.2. The highest BCUT2D eigenvalue weighted by atomic mass is 127. The third-order valence-corrected chi connectivity index (χ3v) is 6.80. The topological polar surface area (TPSA) is 96.2 Å².